The molecule has 5 heteroatoms. The molecule has 2 aliphatic rings. The highest BCUT2D eigenvalue weighted by molar-refractivity contribution is 7.99. The Morgan fingerprint density at radius 1 is 0.864 bits per heavy atom. The first-order valence-corrected chi connectivity index (χ1v) is 9.34. The number of nitrogens with zero attached hydrogens (tertiary/aromatic N) is 2. The first-order valence-electron chi connectivity index (χ1n) is 7.37. The van der Waals surface area contributed by atoms with Gasteiger partial charge in [-0.25, -0.2) is 4.79 Å². The van der Waals surface area contributed by atoms with Crippen LogP contribution < -0.4 is 4.90 Å². The van der Waals surface area contributed by atoms with Gasteiger partial charge in [0, 0.05) is 34.4 Å². The van der Waals surface area contributed by atoms with Crippen molar-refractivity contribution in [2.75, 3.05) is 29.5 Å². The van der Waals surface area contributed by atoms with Crippen LogP contribution in [0, 0.1) is 0 Å². The minimum Gasteiger partial charge on any atom is -0.322 e. The largest absolute Gasteiger partial charge is 0.329 e. The van der Waals surface area contributed by atoms with Gasteiger partial charge in [-0.3, -0.25) is 4.90 Å². The monoisotopic (exact) mass is 328 g/mol. The highest BCUT2D eigenvalue weighted by Gasteiger charge is 2.31. The molecule has 0 aliphatic carbocycles. The first-order chi connectivity index (χ1) is 10.8. The van der Waals surface area contributed by atoms with Crippen LogP contribution in [0.15, 0.2) is 58.3 Å². The fourth-order valence-electron chi connectivity index (χ4n) is 2.81. The normalized spacial score (nSPS) is 16.9. The van der Waals surface area contributed by atoms with Crippen LogP contribution in [0.3, 0.4) is 0 Å². The predicted molar refractivity (Wildman–Crippen MR) is 93.4 cm³/mol. The topological polar surface area (TPSA) is 23.6 Å². The van der Waals surface area contributed by atoms with E-state index in [1.807, 2.05) is 58.0 Å². The molecule has 1 fully saturated rings. The van der Waals surface area contributed by atoms with Gasteiger partial charge < -0.3 is 4.90 Å². The molecule has 2 aliphatic heterocycles. The molecule has 2 aromatic carbocycles. The highest BCUT2D eigenvalue weighted by atomic mass is 32.2. The lowest BCUT2D eigenvalue weighted by molar-refractivity contribution is 0.212. The van der Waals surface area contributed by atoms with E-state index < -0.39 is 0 Å². The van der Waals surface area contributed by atoms with Crippen molar-refractivity contribution in [3.05, 3.63) is 48.5 Å². The molecule has 0 saturated carbocycles. The predicted octanol–water partition coefficient (Wildman–Crippen LogP) is 4.46. The van der Waals surface area contributed by atoms with Crippen LogP contribution in [0.5, 0.6) is 0 Å². The van der Waals surface area contributed by atoms with E-state index in [0.29, 0.717) is 0 Å². The lowest BCUT2D eigenvalue weighted by atomic mass is 10.2. The summed E-state index contributed by atoms with van der Waals surface area (Å²) < 4.78 is 0. The van der Waals surface area contributed by atoms with Crippen molar-refractivity contribution < 1.29 is 4.79 Å². The van der Waals surface area contributed by atoms with Gasteiger partial charge in [0.2, 0.25) is 0 Å². The molecule has 4 rings (SSSR count). The Morgan fingerprint density at radius 2 is 1.41 bits per heavy atom. The summed E-state index contributed by atoms with van der Waals surface area (Å²) in [6.07, 6.45) is 0. The number of hydrogen-bond acceptors (Lipinski definition) is 3. The van der Waals surface area contributed by atoms with Crippen molar-refractivity contribution in [3.63, 3.8) is 0 Å². The number of carbonyl (C=O) groups excluding carboxylic acids is 1. The number of anilines is 2. The van der Waals surface area contributed by atoms with Gasteiger partial charge in [-0.15, -0.1) is 0 Å². The van der Waals surface area contributed by atoms with Crippen LogP contribution in [0.25, 0.3) is 0 Å². The van der Waals surface area contributed by atoms with Gasteiger partial charge in [0.1, 0.15) is 0 Å². The fraction of sp³-hybridized carbons (Fsp3) is 0.235. The van der Waals surface area contributed by atoms with Crippen molar-refractivity contribution in [1.29, 1.82) is 0 Å². The summed E-state index contributed by atoms with van der Waals surface area (Å²) in [5.41, 5.74) is 1.99. The quantitative estimate of drug-likeness (QED) is 0.713. The summed E-state index contributed by atoms with van der Waals surface area (Å²) in [6, 6.07) is 16.4. The summed E-state index contributed by atoms with van der Waals surface area (Å²) in [4.78, 5) is 19.2. The standard InChI is InChI=1S/C17H16N2OS2/c20-17(18-9-11-21-12-10-18)19-13-5-1-3-7-15(13)22-16-8-4-2-6-14(16)19/h1-8H,9-12H2. The third-order valence-corrected chi connectivity index (χ3v) is 5.98. The van der Waals surface area contributed by atoms with Gasteiger partial charge in [0.25, 0.3) is 0 Å². The number of hydrogen-bond donors (Lipinski definition) is 0. The molecule has 22 heavy (non-hydrogen) atoms. The lowest BCUT2D eigenvalue weighted by Gasteiger charge is -2.36. The van der Waals surface area contributed by atoms with Crippen molar-refractivity contribution in [2.24, 2.45) is 0 Å². The van der Waals surface area contributed by atoms with E-state index in [1.54, 1.807) is 11.8 Å². The summed E-state index contributed by atoms with van der Waals surface area (Å²) in [6.45, 7) is 1.66. The maximum Gasteiger partial charge on any atom is 0.329 e. The molecule has 2 heterocycles. The van der Waals surface area contributed by atoms with E-state index in [-0.39, 0.29) is 6.03 Å². The van der Waals surface area contributed by atoms with Crippen molar-refractivity contribution in [2.45, 2.75) is 9.79 Å². The Balaban J connectivity index is 1.78. The molecule has 0 aromatic heterocycles. The second-order valence-corrected chi connectivity index (χ2v) is 7.56. The highest BCUT2D eigenvalue weighted by Crippen LogP contribution is 2.48. The average Bonchev–Trinajstić information content (AvgIpc) is 2.60. The van der Waals surface area contributed by atoms with Gasteiger partial charge in [0.15, 0.2) is 0 Å². The van der Waals surface area contributed by atoms with Crippen molar-refractivity contribution >= 4 is 40.9 Å². The zero-order valence-corrected chi connectivity index (χ0v) is 13.7. The van der Waals surface area contributed by atoms with E-state index in [2.05, 4.69) is 12.1 Å². The molecule has 2 amide bonds. The molecule has 3 nitrogen and oxygen atoms in total. The Morgan fingerprint density at radius 3 is 2.00 bits per heavy atom. The number of rotatable bonds is 0. The van der Waals surface area contributed by atoms with Crippen LogP contribution in [0.1, 0.15) is 0 Å². The third kappa shape index (κ3) is 2.38. The number of carbonyl (C=O) groups is 1. The summed E-state index contributed by atoms with van der Waals surface area (Å²) in [5, 5.41) is 0. The number of benzene rings is 2. The number of para-hydroxylation sites is 2. The van der Waals surface area contributed by atoms with E-state index in [1.165, 1.54) is 0 Å². The van der Waals surface area contributed by atoms with E-state index in [0.717, 1.165) is 45.8 Å². The van der Waals surface area contributed by atoms with E-state index >= 15 is 0 Å². The minimum atomic E-state index is 0.0977. The number of fused-ring (bicyclic) bond motifs is 2. The Kier molecular flexibility index (Phi) is 3.76. The van der Waals surface area contributed by atoms with Crippen LogP contribution in [-0.4, -0.2) is 35.5 Å². The van der Waals surface area contributed by atoms with Gasteiger partial charge >= 0.3 is 6.03 Å². The van der Waals surface area contributed by atoms with Gasteiger partial charge in [-0.1, -0.05) is 36.0 Å². The fourth-order valence-corrected chi connectivity index (χ4v) is 4.77. The average molecular weight is 328 g/mol. The van der Waals surface area contributed by atoms with Gasteiger partial charge in [0.05, 0.1) is 11.4 Å². The molecule has 112 valence electrons. The minimum absolute atomic E-state index is 0.0977. The van der Waals surface area contributed by atoms with Crippen LogP contribution >= 0.6 is 23.5 Å². The van der Waals surface area contributed by atoms with Crippen molar-refractivity contribution in [3.8, 4) is 0 Å². The van der Waals surface area contributed by atoms with Crippen LogP contribution in [0.2, 0.25) is 0 Å². The summed E-state index contributed by atoms with van der Waals surface area (Å²) in [5.74, 6) is 2.05. The zero-order chi connectivity index (χ0) is 14.9. The maximum absolute atomic E-state index is 13.1. The molecular weight excluding hydrogens is 312 g/mol. The zero-order valence-electron chi connectivity index (χ0n) is 12.1. The molecule has 0 bridgehead atoms. The number of thioether (sulfide) groups is 1. The Bertz CT molecular complexity index is 668. The Labute approximate surface area is 138 Å². The molecule has 0 atom stereocenters. The van der Waals surface area contributed by atoms with E-state index in [4.69, 9.17) is 0 Å². The third-order valence-electron chi connectivity index (χ3n) is 3.91. The summed E-state index contributed by atoms with van der Waals surface area (Å²) in [7, 11) is 0. The number of amides is 2. The lowest BCUT2D eigenvalue weighted by Crippen LogP contribution is -2.45. The smallest absolute Gasteiger partial charge is 0.322 e. The van der Waals surface area contributed by atoms with Gasteiger partial charge in [-0.2, -0.15) is 11.8 Å². The van der Waals surface area contributed by atoms with Crippen LogP contribution in [0.4, 0.5) is 16.2 Å². The maximum atomic E-state index is 13.1. The first kappa shape index (κ1) is 14.0. The molecule has 0 N–H and O–H groups in total. The van der Waals surface area contributed by atoms with Gasteiger partial charge in [-0.05, 0) is 24.3 Å². The summed E-state index contributed by atoms with van der Waals surface area (Å²) >= 11 is 3.65. The second-order valence-electron chi connectivity index (χ2n) is 5.25. The Hall–Kier alpha value is -1.59. The SMILES string of the molecule is O=C(N1CCSCC1)N1c2ccccc2Sc2ccccc21. The second kappa shape index (κ2) is 5.89. The molecule has 0 radical (unpaired) electrons. The number of urea groups is 1. The molecule has 0 unspecified atom stereocenters. The van der Waals surface area contributed by atoms with E-state index in [9.17, 15) is 4.79 Å². The van der Waals surface area contributed by atoms with Crippen molar-refractivity contribution in [1.82, 2.24) is 4.90 Å². The van der Waals surface area contributed by atoms with Crippen LogP contribution in [-0.2, 0) is 0 Å². The molecule has 1 saturated heterocycles. The molecular formula is C17H16N2OS2. The molecule has 0 spiro atoms. The molecule has 2 aromatic rings.